The van der Waals surface area contributed by atoms with Crippen LogP contribution >= 0.6 is 0 Å². The lowest BCUT2D eigenvalue weighted by Gasteiger charge is -2.08. The van der Waals surface area contributed by atoms with Crippen molar-refractivity contribution in [2.45, 2.75) is 19.4 Å². The number of nitrogens with one attached hydrogen (secondary N) is 1. The van der Waals surface area contributed by atoms with E-state index in [0.29, 0.717) is 0 Å². The second kappa shape index (κ2) is 5.83. The smallest absolute Gasteiger partial charge is 0.0541 e. The van der Waals surface area contributed by atoms with Crippen LogP contribution in [-0.4, -0.2) is 24.7 Å². The SMILES string of the molecule is c1ccc(CNCCC2CCOC2)nc1. The highest BCUT2D eigenvalue weighted by atomic mass is 16.5. The van der Waals surface area contributed by atoms with Gasteiger partial charge in [-0.1, -0.05) is 6.07 Å². The van der Waals surface area contributed by atoms with Crippen molar-refractivity contribution < 1.29 is 4.74 Å². The van der Waals surface area contributed by atoms with Gasteiger partial charge in [-0.15, -0.1) is 0 Å². The van der Waals surface area contributed by atoms with Gasteiger partial charge in [0.1, 0.15) is 0 Å². The van der Waals surface area contributed by atoms with E-state index in [1.807, 2.05) is 24.4 Å². The molecule has 1 unspecified atom stereocenters. The van der Waals surface area contributed by atoms with Gasteiger partial charge in [0.05, 0.1) is 5.69 Å². The molecule has 1 aromatic heterocycles. The van der Waals surface area contributed by atoms with E-state index >= 15 is 0 Å². The van der Waals surface area contributed by atoms with Crippen LogP contribution in [0.4, 0.5) is 0 Å². The third kappa shape index (κ3) is 3.61. The first-order valence-electron chi connectivity index (χ1n) is 5.63. The van der Waals surface area contributed by atoms with Crippen LogP contribution in [0.3, 0.4) is 0 Å². The first-order valence-corrected chi connectivity index (χ1v) is 5.63. The summed E-state index contributed by atoms with van der Waals surface area (Å²) in [6.07, 6.45) is 4.28. The molecule has 1 atom stereocenters. The van der Waals surface area contributed by atoms with E-state index in [9.17, 15) is 0 Å². The van der Waals surface area contributed by atoms with Gasteiger partial charge < -0.3 is 10.1 Å². The van der Waals surface area contributed by atoms with Crippen LogP contribution in [0.15, 0.2) is 24.4 Å². The van der Waals surface area contributed by atoms with Crippen molar-refractivity contribution in [2.24, 2.45) is 5.92 Å². The third-order valence-electron chi connectivity index (χ3n) is 2.79. The number of pyridine rings is 1. The summed E-state index contributed by atoms with van der Waals surface area (Å²) in [4.78, 5) is 4.26. The Bertz CT molecular complexity index is 270. The minimum atomic E-state index is 0.765. The number of hydrogen-bond donors (Lipinski definition) is 1. The summed E-state index contributed by atoms with van der Waals surface area (Å²) in [7, 11) is 0. The van der Waals surface area contributed by atoms with Crippen LogP contribution in [0.5, 0.6) is 0 Å². The maximum atomic E-state index is 5.33. The van der Waals surface area contributed by atoms with Crippen LogP contribution in [-0.2, 0) is 11.3 Å². The average molecular weight is 206 g/mol. The molecule has 15 heavy (non-hydrogen) atoms. The van der Waals surface area contributed by atoms with Crippen molar-refractivity contribution >= 4 is 0 Å². The molecule has 3 nitrogen and oxygen atoms in total. The lowest BCUT2D eigenvalue weighted by molar-refractivity contribution is 0.184. The fourth-order valence-electron chi connectivity index (χ4n) is 1.84. The number of nitrogens with zero attached hydrogens (tertiary/aromatic N) is 1. The monoisotopic (exact) mass is 206 g/mol. The van der Waals surface area contributed by atoms with Crippen molar-refractivity contribution in [2.75, 3.05) is 19.8 Å². The summed E-state index contributed by atoms with van der Waals surface area (Å²) < 4.78 is 5.33. The van der Waals surface area contributed by atoms with Gasteiger partial charge in [0.2, 0.25) is 0 Å². The summed E-state index contributed by atoms with van der Waals surface area (Å²) in [5.74, 6) is 0.765. The minimum Gasteiger partial charge on any atom is -0.381 e. The number of ether oxygens (including phenoxy) is 1. The molecule has 1 fully saturated rings. The first-order chi connectivity index (χ1) is 7.45. The van der Waals surface area contributed by atoms with Crippen LogP contribution in [0, 0.1) is 5.92 Å². The number of hydrogen-bond acceptors (Lipinski definition) is 3. The molecule has 0 bridgehead atoms. The molecule has 2 heterocycles. The van der Waals surface area contributed by atoms with Crippen molar-refractivity contribution in [3.8, 4) is 0 Å². The Morgan fingerprint density at radius 1 is 1.47 bits per heavy atom. The fourth-order valence-corrected chi connectivity index (χ4v) is 1.84. The summed E-state index contributed by atoms with van der Waals surface area (Å²) in [5.41, 5.74) is 1.11. The maximum Gasteiger partial charge on any atom is 0.0541 e. The van der Waals surface area contributed by atoms with Gasteiger partial charge in [0, 0.05) is 26.0 Å². The molecule has 1 N–H and O–H groups in total. The molecule has 82 valence electrons. The van der Waals surface area contributed by atoms with Gasteiger partial charge >= 0.3 is 0 Å². The Hall–Kier alpha value is -0.930. The van der Waals surface area contributed by atoms with Gasteiger partial charge in [-0.3, -0.25) is 4.98 Å². The largest absolute Gasteiger partial charge is 0.381 e. The van der Waals surface area contributed by atoms with Crippen molar-refractivity contribution in [3.63, 3.8) is 0 Å². The van der Waals surface area contributed by atoms with Crippen LogP contribution in [0.2, 0.25) is 0 Å². The van der Waals surface area contributed by atoms with E-state index < -0.39 is 0 Å². The molecule has 3 heteroatoms. The molecule has 0 saturated carbocycles. The maximum absolute atomic E-state index is 5.33. The fraction of sp³-hybridized carbons (Fsp3) is 0.583. The van der Waals surface area contributed by atoms with Crippen molar-refractivity contribution in [1.29, 1.82) is 0 Å². The molecule has 1 aliphatic heterocycles. The Kier molecular flexibility index (Phi) is 4.11. The summed E-state index contributed by atoms with van der Waals surface area (Å²) in [6.45, 7) is 3.83. The molecular formula is C12H18N2O. The van der Waals surface area contributed by atoms with E-state index in [1.54, 1.807) is 0 Å². The van der Waals surface area contributed by atoms with Gasteiger partial charge in [0.15, 0.2) is 0 Å². The normalized spacial score (nSPS) is 20.7. The average Bonchev–Trinajstić information content (AvgIpc) is 2.79. The van der Waals surface area contributed by atoms with Crippen molar-refractivity contribution in [3.05, 3.63) is 30.1 Å². The molecule has 1 aliphatic rings. The van der Waals surface area contributed by atoms with E-state index in [4.69, 9.17) is 4.74 Å². The van der Waals surface area contributed by atoms with E-state index in [1.165, 1.54) is 12.8 Å². The molecule has 1 aromatic rings. The standard InChI is InChI=1S/C12H18N2O/c1-2-6-14-12(3-1)9-13-7-4-11-5-8-15-10-11/h1-3,6,11,13H,4-5,7-10H2. The minimum absolute atomic E-state index is 0.765. The third-order valence-corrected chi connectivity index (χ3v) is 2.79. The molecule has 0 amide bonds. The highest BCUT2D eigenvalue weighted by Crippen LogP contribution is 2.15. The van der Waals surface area contributed by atoms with Gasteiger partial charge in [-0.05, 0) is 37.4 Å². The Labute approximate surface area is 90.9 Å². The number of aromatic nitrogens is 1. The Balaban J connectivity index is 1.59. The van der Waals surface area contributed by atoms with Crippen LogP contribution < -0.4 is 5.32 Å². The molecular weight excluding hydrogens is 188 g/mol. The quantitative estimate of drug-likeness (QED) is 0.743. The highest BCUT2D eigenvalue weighted by molar-refractivity contribution is 5.02. The molecule has 0 aromatic carbocycles. The van der Waals surface area contributed by atoms with E-state index in [0.717, 1.165) is 37.9 Å². The summed E-state index contributed by atoms with van der Waals surface area (Å²) in [5, 5.41) is 3.41. The summed E-state index contributed by atoms with van der Waals surface area (Å²) >= 11 is 0. The lowest BCUT2D eigenvalue weighted by atomic mass is 10.1. The van der Waals surface area contributed by atoms with Crippen LogP contribution in [0.1, 0.15) is 18.5 Å². The zero-order chi connectivity index (χ0) is 10.3. The molecule has 1 saturated heterocycles. The molecule has 0 spiro atoms. The van der Waals surface area contributed by atoms with Gasteiger partial charge in [0.25, 0.3) is 0 Å². The summed E-state index contributed by atoms with van der Waals surface area (Å²) in [6, 6.07) is 6.01. The Morgan fingerprint density at radius 2 is 2.47 bits per heavy atom. The predicted molar refractivity (Wildman–Crippen MR) is 59.5 cm³/mol. The predicted octanol–water partition coefficient (Wildman–Crippen LogP) is 1.60. The molecule has 0 aliphatic carbocycles. The zero-order valence-electron chi connectivity index (χ0n) is 8.98. The lowest BCUT2D eigenvalue weighted by Crippen LogP contribution is -2.18. The van der Waals surface area contributed by atoms with Crippen molar-refractivity contribution in [1.82, 2.24) is 10.3 Å². The van der Waals surface area contributed by atoms with E-state index in [-0.39, 0.29) is 0 Å². The van der Waals surface area contributed by atoms with Gasteiger partial charge in [-0.2, -0.15) is 0 Å². The molecule has 2 rings (SSSR count). The molecule has 0 radical (unpaired) electrons. The second-order valence-corrected chi connectivity index (χ2v) is 4.02. The Morgan fingerprint density at radius 3 is 3.20 bits per heavy atom. The second-order valence-electron chi connectivity index (χ2n) is 4.02. The van der Waals surface area contributed by atoms with E-state index in [2.05, 4.69) is 10.3 Å². The van der Waals surface area contributed by atoms with Gasteiger partial charge in [-0.25, -0.2) is 0 Å². The first kappa shape index (κ1) is 10.6. The van der Waals surface area contributed by atoms with Crippen LogP contribution in [0.25, 0.3) is 0 Å². The highest BCUT2D eigenvalue weighted by Gasteiger charge is 2.14. The zero-order valence-corrected chi connectivity index (χ0v) is 8.98. The number of rotatable bonds is 5. The topological polar surface area (TPSA) is 34.1 Å².